The summed E-state index contributed by atoms with van der Waals surface area (Å²) in [5, 5.41) is 21.5. The largest absolute Gasteiger partial charge is 0.508 e. The second-order valence-corrected chi connectivity index (χ2v) is 3.89. The van der Waals surface area contributed by atoms with E-state index in [1.807, 2.05) is 0 Å². The summed E-state index contributed by atoms with van der Waals surface area (Å²) in [5.41, 5.74) is 0.766. The average Bonchev–Trinajstić information content (AvgIpc) is 2.38. The van der Waals surface area contributed by atoms with E-state index in [4.69, 9.17) is 4.74 Å². The smallest absolute Gasteiger partial charge is 0.255 e. The summed E-state index contributed by atoms with van der Waals surface area (Å²) in [6.07, 6.45) is 0. The first kappa shape index (κ1) is 12.8. The number of nitrogens with one attached hydrogen (secondary N) is 1. The zero-order valence-electron chi connectivity index (χ0n) is 10.3. The normalized spacial score (nSPS) is 9.95. The Morgan fingerprint density at radius 2 is 1.95 bits per heavy atom. The van der Waals surface area contributed by atoms with Crippen LogP contribution < -0.4 is 10.1 Å². The molecule has 0 aliphatic carbocycles. The van der Waals surface area contributed by atoms with Crippen molar-refractivity contribution in [2.24, 2.45) is 0 Å². The second-order valence-electron chi connectivity index (χ2n) is 3.89. The average molecular weight is 259 g/mol. The Balaban J connectivity index is 2.18. The lowest BCUT2D eigenvalue weighted by atomic mass is 10.2. The van der Waals surface area contributed by atoms with Gasteiger partial charge in [-0.25, -0.2) is 0 Å². The van der Waals surface area contributed by atoms with E-state index >= 15 is 0 Å². The molecule has 19 heavy (non-hydrogen) atoms. The van der Waals surface area contributed by atoms with Gasteiger partial charge in [0.2, 0.25) is 0 Å². The molecule has 0 saturated carbocycles. The van der Waals surface area contributed by atoms with Crippen molar-refractivity contribution in [3.8, 4) is 17.2 Å². The highest BCUT2D eigenvalue weighted by Crippen LogP contribution is 2.26. The van der Waals surface area contributed by atoms with Crippen LogP contribution in [0, 0.1) is 0 Å². The quantitative estimate of drug-likeness (QED) is 0.790. The minimum Gasteiger partial charge on any atom is -0.508 e. The van der Waals surface area contributed by atoms with Gasteiger partial charge < -0.3 is 20.3 Å². The number of amides is 1. The standard InChI is InChI=1S/C14H13NO4/c1-19-13-6-5-9(7-12(13)17)14(18)15-10-3-2-4-11(16)8-10/h2-8,16-17H,1H3,(H,15,18). The topological polar surface area (TPSA) is 78.8 Å². The highest BCUT2D eigenvalue weighted by Gasteiger charge is 2.10. The lowest BCUT2D eigenvalue weighted by Gasteiger charge is -2.07. The summed E-state index contributed by atoms with van der Waals surface area (Å²) >= 11 is 0. The third-order valence-electron chi connectivity index (χ3n) is 2.55. The summed E-state index contributed by atoms with van der Waals surface area (Å²) in [6.45, 7) is 0. The Bertz CT molecular complexity index is 610. The Morgan fingerprint density at radius 3 is 2.58 bits per heavy atom. The van der Waals surface area contributed by atoms with Gasteiger partial charge in [0.05, 0.1) is 7.11 Å². The molecule has 5 heteroatoms. The van der Waals surface area contributed by atoms with E-state index in [1.54, 1.807) is 12.1 Å². The van der Waals surface area contributed by atoms with Crippen molar-refractivity contribution in [1.82, 2.24) is 0 Å². The molecule has 0 bridgehead atoms. The number of carbonyl (C=O) groups is 1. The van der Waals surface area contributed by atoms with Crippen molar-refractivity contribution < 1.29 is 19.7 Å². The monoisotopic (exact) mass is 259 g/mol. The van der Waals surface area contributed by atoms with E-state index in [2.05, 4.69) is 5.32 Å². The van der Waals surface area contributed by atoms with Crippen LogP contribution in [0.15, 0.2) is 42.5 Å². The molecule has 1 amide bonds. The minimum atomic E-state index is -0.386. The SMILES string of the molecule is COc1ccc(C(=O)Nc2cccc(O)c2)cc1O. The minimum absolute atomic E-state index is 0.0652. The fraction of sp³-hybridized carbons (Fsp3) is 0.0714. The number of aromatic hydroxyl groups is 2. The molecule has 0 atom stereocenters. The van der Waals surface area contributed by atoms with Gasteiger partial charge in [-0.05, 0) is 30.3 Å². The maximum Gasteiger partial charge on any atom is 0.255 e. The van der Waals surface area contributed by atoms with E-state index < -0.39 is 0 Å². The predicted molar refractivity (Wildman–Crippen MR) is 70.7 cm³/mol. The number of phenols is 2. The summed E-state index contributed by atoms with van der Waals surface area (Å²) in [6, 6.07) is 10.6. The molecule has 3 N–H and O–H groups in total. The Kier molecular flexibility index (Phi) is 3.56. The van der Waals surface area contributed by atoms with E-state index in [1.165, 1.54) is 37.4 Å². The molecule has 0 spiro atoms. The Morgan fingerprint density at radius 1 is 1.16 bits per heavy atom. The first-order valence-electron chi connectivity index (χ1n) is 5.57. The van der Waals surface area contributed by atoms with Gasteiger partial charge in [0, 0.05) is 17.3 Å². The van der Waals surface area contributed by atoms with Crippen molar-refractivity contribution in [1.29, 1.82) is 0 Å². The number of methoxy groups -OCH3 is 1. The van der Waals surface area contributed by atoms with Gasteiger partial charge in [0.1, 0.15) is 5.75 Å². The van der Waals surface area contributed by atoms with Gasteiger partial charge in [0.25, 0.3) is 5.91 Å². The molecular weight excluding hydrogens is 246 g/mol. The van der Waals surface area contributed by atoms with Crippen LogP contribution in [0.2, 0.25) is 0 Å². The van der Waals surface area contributed by atoms with Crippen LogP contribution in [0.3, 0.4) is 0 Å². The fourth-order valence-electron chi connectivity index (χ4n) is 1.62. The summed E-state index contributed by atoms with van der Waals surface area (Å²) in [5.74, 6) is -0.126. The lowest BCUT2D eigenvalue weighted by molar-refractivity contribution is 0.102. The molecule has 0 aliphatic heterocycles. The number of rotatable bonds is 3. The molecule has 0 aromatic heterocycles. The molecule has 2 aromatic carbocycles. The highest BCUT2D eigenvalue weighted by molar-refractivity contribution is 6.04. The van der Waals surface area contributed by atoms with Crippen molar-refractivity contribution in [3.05, 3.63) is 48.0 Å². The summed E-state index contributed by atoms with van der Waals surface area (Å²) in [7, 11) is 1.43. The number of hydrogen-bond acceptors (Lipinski definition) is 4. The number of benzene rings is 2. The van der Waals surface area contributed by atoms with Crippen molar-refractivity contribution in [2.45, 2.75) is 0 Å². The number of ether oxygens (including phenoxy) is 1. The maximum absolute atomic E-state index is 11.9. The van der Waals surface area contributed by atoms with Crippen LogP contribution in [0.1, 0.15) is 10.4 Å². The van der Waals surface area contributed by atoms with Gasteiger partial charge in [-0.15, -0.1) is 0 Å². The zero-order chi connectivity index (χ0) is 13.8. The third-order valence-corrected chi connectivity index (χ3v) is 2.55. The zero-order valence-corrected chi connectivity index (χ0v) is 10.3. The first-order valence-corrected chi connectivity index (χ1v) is 5.57. The predicted octanol–water partition coefficient (Wildman–Crippen LogP) is 2.36. The van der Waals surface area contributed by atoms with Gasteiger partial charge in [0.15, 0.2) is 11.5 Å². The van der Waals surface area contributed by atoms with Gasteiger partial charge >= 0.3 is 0 Å². The van der Waals surface area contributed by atoms with Crippen LogP contribution in [-0.4, -0.2) is 23.2 Å². The molecule has 0 radical (unpaired) electrons. The number of carbonyl (C=O) groups excluding carboxylic acids is 1. The van der Waals surface area contributed by atoms with Crippen molar-refractivity contribution in [2.75, 3.05) is 12.4 Å². The second kappa shape index (κ2) is 5.30. The van der Waals surface area contributed by atoms with Crippen LogP contribution in [0.5, 0.6) is 17.2 Å². The van der Waals surface area contributed by atoms with Gasteiger partial charge in [-0.2, -0.15) is 0 Å². The molecule has 5 nitrogen and oxygen atoms in total. The molecule has 0 unspecified atom stereocenters. The van der Waals surface area contributed by atoms with Crippen molar-refractivity contribution >= 4 is 11.6 Å². The van der Waals surface area contributed by atoms with Gasteiger partial charge in [-0.1, -0.05) is 6.07 Å². The first-order chi connectivity index (χ1) is 9.10. The van der Waals surface area contributed by atoms with E-state index in [0.717, 1.165) is 0 Å². The Labute approximate surface area is 110 Å². The highest BCUT2D eigenvalue weighted by atomic mass is 16.5. The maximum atomic E-state index is 11.9. The third kappa shape index (κ3) is 2.95. The van der Waals surface area contributed by atoms with Crippen LogP contribution in [0.4, 0.5) is 5.69 Å². The Hall–Kier alpha value is -2.69. The molecular formula is C14H13NO4. The molecule has 0 heterocycles. The molecule has 2 aromatic rings. The molecule has 98 valence electrons. The molecule has 0 aliphatic rings. The summed E-state index contributed by atoms with van der Waals surface area (Å²) < 4.78 is 4.90. The van der Waals surface area contributed by atoms with Crippen LogP contribution in [-0.2, 0) is 0 Å². The van der Waals surface area contributed by atoms with Crippen LogP contribution in [0.25, 0.3) is 0 Å². The van der Waals surface area contributed by atoms with E-state index in [9.17, 15) is 15.0 Å². The molecule has 0 saturated heterocycles. The van der Waals surface area contributed by atoms with E-state index in [0.29, 0.717) is 17.0 Å². The fourth-order valence-corrected chi connectivity index (χ4v) is 1.62. The number of phenolic OH excluding ortho intramolecular Hbond substituents is 2. The van der Waals surface area contributed by atoms with Crippen LogP contribution >= 0.6 is 0 Å². The lowest BCUT2D eigenvalue weighted by Crippen LogP contribution is -2.11. The number of anilines is 1. The van der Waals surface area contributed by atoms with E-state index in [-0.39, 0.29) is 17.4 Å². The number of hydrogen-bond donors (Lipinski definition) is 3. The van der Waals surface area contributed by atoms with Crippen molar-refractivity contribution in [3.63, 3.8) is 0 Å². The van der Waals surface area contributed by atoms with Gasteiger partial charge in [-0.3, -0.25) is 4.79 Å². The summed E-state index contributed by atoms with van der Waals surface area (Å²) in [4.78, 5) is 11.9. The molecule has 2 rings (SSSR count). The molecule has 0 fully saturated rings.